The Hall–Kier alpha value is -1.92. The Morgan fingerprint density at radius 3 is 2.71 bits per heavy atom. The summed E-state index contributed by atoms with van der Waals surface area (Å²) in [6.45, 7) is 0.754. The van der Waals surface area contributed by atoms with Gasteiger partial charge in [0.15, 0.2) is 0 Å². The third-order valence-corrected chi connectivity index (χ3v) is 3.81. The first-order valence-corrected chi connectivity index (χ1v) is 7.15. The van der Waals surface area contributed by atoms with E-state index in [9.17, 15) is 14.7 Å². The number of carbonyl (C=O) groups excluding carboxylic acids is 2. The Labute approximate surface area is 122 Å². The number of carbonyl (C=O) groups is 2. The zero-order valence-corrected chi connectivity index (χ0v) is 11.6. The molecular formula is C15H18N2O4. The number of anilines is 2. The zero-order chi connectivity index (χ0) is 14.8. The highest BCUT2D eigenvalue weighted by molar-refractivity contribution is 6.13. The van der Waals surface area contributed by atoms with Crippen LogP contribution < -0.4 is 10.6 Å². The van der Waals surface area contributed by atoms with E-state index in [4.69, 9.17) is 4.74 Å². The lowest BCUT2D eigenvalue weighted by molar-refractivity contribution is -0.123. The van der Waals surface area contributed by atoms with Crippen LogP contribution in [0.2, 0.25) is 0 Å². The Kier molecular flexibility index (Phi) is 3.90. The molecule has 2 unspecified atom stereocenters. The van der Waals surface area contributed by atoms with Gasteiger partial charge in [-0.05, 0) is 30.5 Å². The molecule has 6 heteroatoms. The molecule has 2 atom stereocenters. The van der Waals surface area contributed by atoms with Gasteiger partial charge in [-0.2, -0.15) is 0 Å². The van der Waals surface area contributed by atoms with Crippen LogP contribution in [0.25, 0.3) is 0 Å². The van der Waals surface area contributed by atoms with Gasteiger partial charge in [0, 0.05) is 13.0 Å². The second-order valence-electron chi connectivity index (χ2n) is 5.46. The third kappa shape index (κ3) is 3.22. The van der Waals surface area contributed by atoms with Gasteiger partial charge in [0.1, 0.15) is 6.42 Å². The minimum Gasteiger partial charge on any atom is -0.388 e. The molecule has 3 N–H and O–H groups in total. The van der Waals surface area contributed by atoms with E-state index >= 15 is 0 Å². The summed E-state index contributed by atoms with van der Waals surface area (Å²) in [4.78, 5) is 23.0. The van der Waals surface area contributed by atoms with E-state index in [1.54, 1.807) is 18.2 Å². The SMILES string of the molecule is O=C1CC(=O)Nc2cc(C(O)CC3CCCO3)ccc2N1. The lowest BCUT2D eigenvalue weighted by atomic mass is 10.0. The van der Waals surface area contributed by atoms with Gasteiger partial charge < -0.3 is 20.5 Å². The molecule has 3 rings (SSSR count). The van der Waals surface area contributed by atoms with Crippen LogP contribution >= 0.6 is 0 Å². The van der Waals surface area contributed by atoms with Crippen LogP contribution in [0.4, 0.5) is 11.4 Å². The number of benzene rings is 1. The summed E-state index contributed by atoms with van der Waals surface area (Å²) in [5.74, 6) is -0.684. The molecule has 0 aromatic heterocycles. The van der Waals surface area contributed by atoms with Gasteiger partial charge in [0.05, 0.1) is 23.6 Å². The standard InChI is InChI=1S/C15H18N2O4/c18-13(7-10-2-1-5-21-10)9-3-4-11-12(6-9)17-15(20)8-14(19)16-11/h3-4,6,10,13,18H,1-2,5,7-8H2,(H,16,19)(H,17,20). The van der Waals surface area contributed by atoms with Crippen LogP contribution in [0.1, 0.15) is 37.4 Å². The first kappa shape index (κ1) is 14.0. The molecule has 0 aliphatic carbocycles. The fourth-order valence-corrected chi connectivity index (χ4v) is 2.73. The summed E-state index contributed by atoms with van der Waals surface area (Å²) in [6.07, 6.45) is 1.79. The molecule has 2 aliphatic rings. The molecule has 0 saturated carbocycles. The van der Waals surface area contributed by atoms with Crippen molar-refractivity contribution in [2.24, 2.45) is 0 Å². The Morgan fingerprint density at radius 1 is 1.24 bits per heavy atom. The molecule has 6 nitrogen and oxygen atoms in total. The van der Waals surface area contributed by atoms with Crippen molar-refractivity contribution in [2.45, 2.75) is 37.9 Å². The Morgan fingerprint density at radius 2 is 2.00 bits per heavy atom. The van der Waals surface area contributed by atoms with Crippen LogP contribution in [-0.4, -0.2) is 29.6 Å². The first-order valence-electron chi connectivity index (χ1n) is 7.15. The number of fused-ring (bicyclic) bond motifs is 1. The molecular weight excluding hydrogens is 272 g/mol. The number of ether oxygens (including phenoxy) is 1. The fraction of sp³-hybridized carbons (Fsp3) is 0.467. The van der Waals surface area contributed by atoms with E-state index in [-0.39, 0.29) is 24.3 Å². The molecule has 2 aliphatic heterocycles. The predicted octanol–water partition coefficient (Wildman–Crippen LogP) is 1.57. The molecule has 1 aromatic carbocycles. The van der Waals surface area contributed by atoms with Crippen molar-refractivity contribution in [3.05, 3.63) is 23.8 Å². The third-order valence-electron chi connectivity index (χ3n) is 3.81. The summed E-state index contributed by atoms with van der Waals surface area (Å²) in [5.41, 5.74) is 1.79. The van der Waals surface area contributed by atoms with Gasteiger partial charge >= 0.3 is 0 Å². The molecule has 112 valence electrons. The van der Waals surface area contributed by atoms with Crippen molar-refractivity contribution in [1.29, 1.82) is 0 Å². The maximum Gasteiger partial charge on any atom is 0.233 e. The number of nitrogens with one attached hydrogen (secondary N) is 2. The lowest BCUT2D eigenvalue weighted by Gasteiger charge is -2.17. The summed E-state index contributed by atoms with van der Waals surface area (Å²) < 4.78 is 5.52. The highest BCUT2D eigenvalue weighted by Crippen LogP contribution is 2.31. The van der Waals surface area contributed by atoms with Crippen molar-refractivity contribution >= 4 is 23.2 Å². The minimum atomic E-state index is -0.644. The van der Waals surface area contributed by atoms with Crippen molar-refractivity contribution in [3.8, 4) is 0 Å². The highest BCUT2D eigenvalue weighted by Gasteiger charge is 2.23. The predicted molar refractivity (Wildman–Crippen MR) is 76.9 cm³/mol. The number of aliphatic hydroxyl groups is 1. The first-order chi connectivity index (χ1) is 10.1. The van der Waals surface area contributed by atoms with Crippen LogP contribution in [0.5, 0.6) is 0 Å². The number of aliphatic hydroxyl groups excluding tert-OH is 1. The molecule has 0 spiro atoms. The van der Waals surface area contributed by atoms with Crippen molar-refractivity contribution in [3.63, 3.8) is 0 Å². The van der Waals surface area contributed by atoms with E-state index in [0.29, 0.717) is 23.4 Å². The maximum atomic E-state index is 11.6. The van der Waals surface area contributed by atoms with Gasteiger partial charge in [-0.3, -0.25) is 9.59 Å². The van der Waals surface area contributed by atoms with Gasteiger partial charge in [-0.25, -0.2) is 0 Å². The number of rotatable bonds is 3. The number of hydrogen-bond acceptors (Lipinski definition) is 4. The minimum absolute atomic E-state index is 0.0908. The molecule has 2 amide bonds. The van der Waals surface area contributed by atoms with Crippen molar-refractivity contribution in [1.82, 2.24) is 0 Å². The quantitative estimate of drug-likeness (QED) is 0.737. The normalized spacial score (nSPS) is 23.0. The van der Waals surface area contributed by atoms with Crippen molar-refractivity contribution in [2.75, 3.05) is 17.2 Å². The average Bonchev–Trinajstić information content (AvgIpc) is 2.87. The fourth-order valence-electron chi connectivity index (χ4n) is 2.73. The van der Waals surface area contributed by atoms with Gasteiger partial charge in [-0.15, -0.1) is 0 Å². The Balaban J connectivity index is 1.78. The van der Waals surface area contributed by atoms with E-state index in [0.717, 1.165) is 19.4 Å². The Bertz CT molecular complexity index is 567. The van der Waals surface area contributed by atoms with E-state index < -0.39 is 6.10 Å². The zero-order valence-electron chi connectivity index (χ0n) is 11.6. The van der Waals surface area contributed by atoms with E-state index in [1.807, 2.05) is 0 Å². The average molecular weight is 290 g/mol. The molecule has 1 aromatic rings. The van der Waals surface area contributed by atoms with Gasteiger partial charge in [-0.1, -0.05) is 6.07 Å². The van der Waals surface area contributed by atoms with Crippen LogP contribution in [0, 0.1) is 0 Å². The summed E-state index contributed by atoms with van der Waals surface area (Å²) >= 11 is 0. The van der Waals surface area contributed by atoms with E-state index in [2.05, 4.69) is 10.6 Å². The molecule has 0 radical (unpaired) electrons. The molecule has 1 fully saturated rings. The van der Waals surface area contributed by atoms with E-state index in [1.165, 1.54) is 0 Å². The highest BCUT2D eigenvalue weighted by atomic mass is 16.5. The smallest absolute Gasteiger partial charge is 0.233 e. The van der Waals surface area contributed by atoms with Gasteiger partial charge in [0.2, 0.25) is 11.8 Å². The largest absolute Gasteiger partial charge is 0.388 e. The molecule has 21 heavy (non-hydrogen) atoms. The topological polar surface area (TPSA) is 87.7 Å². The monoisotopic (exact) mass is 290 g/mol. The lowest BCUT2D eigenvalue weighted by Crippen LogP contribution is -2.16. The van der Waals surface area contributed by atoms with Gasteiger partial charge in [0.25, 0.3) is 0 Å². The second kappa shape index (κ2) is 5.83. The second-order valence-corrected chi connectivity index (χ2v) is 5.46. The number of amides is 2. The molecule has 2 heterocycles. The summed E-state index contributed by atoms with van der Waals surface area (Å²) in [7, 11) is 0. The molecule has 0 bridgehead atoms. The van der Waals surface area contributed by atoms with Crippen LogP contribution in [-0.2, 0) is 14.3 Å². The van der Waals surface area contributed by atoms with Crippen molar-refractivity contribution < 1.29 is 19.4 Å². The summed E-state index contributed by atoms with van der Waals surface area (Å²) in [6, 6.07) is 5.17. The number of hydrogen-bond donors (Lipinski definition) is 3. The van der Waals surface area contributed by atoms with Crippen LogP contribution in [0.3, 0.4) is 0 Å². The maximum absolute atomic E-state index is 11.6. The van der Waals surface area contributed by atoms with Crippen LogP contribution in [0.15, 0.2) is 18.2 Å². The summed E-state index contributed by atoms with van der Waals surface area (Å²) in [5, 5.41) is 15.6. The molecule has 1 saturated heterocycles.